The summed E-state index contributed by atoms with van der Waals surface area (Å²) in [5.41, 5.74) is -0.436. The van der Waals surface area contributed by atoms with E-state index in [1.165, 1.54) is 22.8 Å². The number of ether oxygens (including phenoxy) is 2. The van der Waals surface area contributed by atoms with Crippen LogP contribution in [0.3, 0.4) is 0 Å². The molecule has 9 nitrogen and oxygen atoms in total. The molecule has 2 rings (SSSR count). The minimum absolute atomic E-state index is 0.207. The van der Waals surface area contributed by atoms with E-state index >= 15 is 0 Å². The second kappa shape index (κ2) is 11.9. The Morgan fingerprint density at radius 3 is 2.63 bits per heavy atom. The van der Waals surface area contributed by atoms with Crippen LogP contribution in [0.4, 0.5) is 0 Å². The molecule has 1 aromatic heterocycles. The zero-order valence-corrected chi connectivity index (χ0v) is 18.4. The van der Waals surface area contributed by atoms with Gasteiger partial charge in [-0.1, -0.05) is 12.2 Å². The number of H-pyrrole nitrogens is 1. The maximum atomic E-state index is 12.7. The minimum Gasteiger partial charge on any atom is -0.469 e. The molecule has 0 saturated heterocycles. The SMILES string of the molecule is CCOP(=O)(/C=C/[C@H](CCn1cc(C)c(=O)[nH]c1=O)CO[C@H]1C=CC=CO1)OCC. The largest absolute Gasteiger partial charge is 0.469 e. The van der Waals surface area contributed by atoms with Crippen LogP contribution in [0.1, 0.15) is 25.8 Å². The van der Waals surface area contributed by atoms with Gasteiger partial charge in [-0.15, -0.1) is 0 Å². The zero-order valence-electron chi connectivity index (χ0n) is 17.5. The molecule has 0 radical (unpaired) electrons. The van der Waals surface area contributed by atoms with Gasteiger partial charge in [0.15, 0.2) is 0 Å². The first-order valence-electron chi connectivity index (χ1n) is 9.85. The second-order valence-corrected chi connectivity index (χ2v) is 8.48. The fraction of sp³-hybridized carbons (Fsp3) is 0.500. The van der Waals surface area contributed by atoms with Crippen LogP contribution < -0.4 is 11.2 Å². The molecule has 2 atom stereocenters. The molecule has 1 aliphatic heterocycles. The van der Waals surface area contributed by atoms with Crippen molar-refractivity contribution < 1.29 is 23.1 Å². The Balaban J connectivity index is 2.12. The summed E-state index contributed by atoms with van der Waals surface area (Å²) in [6.07, 6.45) is 10.1. The maximum absolute atomic E-state index is 12.7. The number of nitrogens with one attached hydrogen (secondary N) is 1. The van der Waals surface area contributed by atoms with Crippen molar-refractivity contribution in [3.05, 3.63) is 69.0 Å². The predicted octanol–water partition coefficient (Wildman–Crippen LogP) is 3.07. The Labute approximate surface area is 175 Å². The van der Waals surface area contributed by atoms with Crippen LogP contribution in [0.25, 0.3) is 0 Å². The fourth-order valence-electron chi connectivity index (χ4n) is 2.72. The van der Waals surface area contributed by atoms with Crippen LogP contribution in [0.2, 0.25) is 0 Å². The van der Waals surface area contributed by atoms with Gasteiger partial charge in [0.2, 0.25) is 6.29 Å². The van der Waals surface area contributed by atoms with Crippen LogP contribution in [0.15, 0.2) is 52.2 Å². The lowest BCUT2D eigenvalue weighted by molar-refractivity contribution is -0.0821. The van der Waals surface area contributed by atoms with Gasteiger partial charge in [-0.2, -0.15) is 0 Å². The van der Waals surface area contributed by atoms with E-state index in [4.69, 9.17) is 18.5 Å². The Hall–Kier alpha value is -2.19. The van der Waals surface area contributed by atoms with Gasteiger partial charge in [-0.05, 0) is 39.3 Å². The molecule has 0 fully saturated rings. The highest BCUT2D eigenvalue weighted by atomic mass is 31.2. The highest BCUT2D eigenvalue weighted by Crippen LogP contribution is 2.49. The van der Waals surface area contributed by atoms with E-state index in [0.29, 0.717) is 18.5 Å². The van der Waals surface area contributed by atoms with Crippen molar-refractivity contribution in [2.24, 2.45) is 5.92 Å². The Morgan fingerprint density at radius 2 is 2.00 bits per heavy atom. The van der Waals surface area contributed by atoms with Gasteiger partial charge in [0.05, 0.1) is 26.1 Å². The standard InChI is InChI=1S/C20H29N2O7P/c1-4-28-30(25,29-5-2)13-10-17(15-27-18-8-6-7-12-26-18)9-11-22-14-16(3)19(23)21-20(22)24/h6-8,10,12-14,17-18H,4-5,9,11,15H2,1-3H3,(H,21,23,24)/b13-10+/t17-,18-/m0/s1. The van der Waals surface area contributed by atoms with Crippen LogP contribution >= 0.6 is 7.60 Å². The van der Waals surface area contributed by atoms with Crippen molar-refractivity contribution in [3.8, 4) is 0 Å². The van der Waals surface area contributed by atoms with Gasteiger partial charge in [-0.3, -0.25) is 14.3 Å². The number of aromatic amines is 1. The summed E-state index contributed by atoms with van der Waals surface area (Å²) in [5, 5.41) is 0. The monoisotopic (exact) mass is 440 g/mol. The first-order valence-corrected chi connectivity index (χ1v) is 11.5. The Morgan fingerprint density at radius 1 is 1.27 bits per heavy atom. The van der Waals surface area contributed by atoms with E-state index in [9.17, 15) is 14.2 Å². The summed E-state index contributed by atoms with van der Waals surface area (Å²) >= 11 is 0. The third kappa shape index (κ3) is 7.57. The summed E-state index contributed by atoms with van der Waals surface area (Å²) in [5.74, 6) is 1.23. The van der Waals surface area contributed by atoms with Gasteiger partial charge in [0.1, 0.15) is 0 Å². The molecular formula is C20H29N2O7P. The molecule has 1 aromatic rings. The molecule has 0 unspecified atom stereocenters. The summed E-state index contributed by atoms with van der Waals surface area (Å²) in [6.45, 7) is 6.22. The van der Waals surface area contributed by atoms with Crippen molar-refractivity contribution in [1.29, 1.82) is 0 Å². The molecule has 0 aromatic carbocycles. The normalized spacial score (nSPS) is 17.4. The molecular weight excluding hydrogens is 411 g/mol. The topological polar surface area (TPSA) is 109 Å². The number of aromatic nitrogens is 2. The highest BCUT2D eigenvalue weighted by Gasteiger charge is 2.20. The second-order valence-electron chi connectivity index (χ2n) is 6.58. The molecule has 30 heavy (non-hydrogen) atoms. The minimum atomic E-state index is -3.36. The summed E-state index contributed by atoms with van der Waals surface area (Å²) < 4.78 is 35.8. The van der Waals surface area contributed by atoms with E-state index < -0.39 is 25.1 Å². The Bertz CT molecular complexity index is 922. The third-order valence-electron chi connectivity index (χ3n) is 4.23. The molecule has 10 heteroatoms. The average Bonchev–Trinajstić information content (AvgIpc) is 2.72. The maximum Gasteiger partial charge on any atom is 0.353 e. The number of allylic oxidation sites excluding steroid dienone is 2. The lowest BCUT2D eigenvalue weighted by Gasteiger charge is -2.20. The molecule has 1 N–H and O–H groups in total. The summed E-state index contributed by atoms with van der Waals surface area (Å²) in [4.78, 5) is 25.9. The average molecular weight is 440 g/mol. The van der Waals surface area contributed by atoms with Gasteiger partial charge in [-0.25, -0.2) is 4.79 Å². The van der Waals surface area contributed by atoms with Crippen LogP contribution in [-0.4, -0.2) is 35.7 Å². The third-order valence-corrected chi connectivity index (χ3v) is 6.01. The quantitative estimate of drug-likeness (QED) is 0.498. The first-order chi connectivity index (χ1) is 14.4. The van der Waals surface area contributed by atoms with Crippen molar-refractivity contribution in [3.63, 3.8) is 0 Å². The van der Waals surface area contributed by atoms with Crippen molar-refractivity contribution in [2.45, 2.75) is 40.0 Å². The van der Waals surface area contributed by atoms with E-state index in [1.54, 1.807) is 39.0 Å². The number of hydrogen-bond acceptors (Lipinski definition) is 7. The van der Waals surface area contributed by atoms with Gasteiger partial charge in [0, 0.05) is 30.0 Å². The van der Waals surface area contributed by atoms with Crippen LogP contribution in [0.5, 0.6) is 0 Å². The van der Waals surface area contributed by atoms with Crippen molar-refractivity contribution >= 4 is 7.60 Å². The molecule has 2 heterocycles. The zero-order chi connectivity index (χ0) is 22.0. The van der Waals surface area contributed by atoms with Gasteiger partial charge in [0.25, 0.3) is 5.56 Å². The first kappa shape index (κ1) is 24.1. The highest BCUT2D eigenvalue weighted by molar-refractivity contribution is 7.57. The molecule has 0 spiro atoms. The smallest absolute Gasteiger partial charge is 0.353 e. The molecule has 166 valence electrons. The number of aryl methyl sites for hydroxylation is 2. The van der Waals surface area contributed by atoms with Crippen molar-refractivity contribution in [1.82, 2.24) is 9.55 Å². The molecule has 1 aliphatic rings. The molecule has 0 saturated carbocycles. The van der Waals surface area contributed by atoms with E-state index in [1.807, 2.05) is 6.08 Å². The number of rotatable bonds is 12. The van der Waals surface area contributed by atoms with Crippen LogP contribution in [-0.2, 0) is 29.6 Å². The lowest BCUT2D eigenvalue weighted by Crippen LogP contribution is -2.31. The van der Waals surface area contributed by atoms with E-state index in [0.717, 1.165) is 0 Å². The van der Waals surface area contributed by atoms with Crippen molar-refractivity contribution in [2.75, 3.05) is 19.8 Å². The van der Waals surface area contributed by atoms with Gasteiger partial charge >= 0.3 is 13.3 Å². The molecule has 0 amide bonds. The predicted molar refractivity (Wildman–Crippen MR) is 113 cm³/mol. The van der Waals surface area contributed by atoms with E-state index in [-0.39, 0.29) is 25.7 Å². The summed E-state index contributed by atoms with van der Waals surface area (Å²) in [6, 6.07) is 0. The van der Waals surface area contributed by atoms with E-state index in [2.05, 4.69) is 4.98 Å². The van der Waals surface area contributed by atoms with Crippen LogP contribution in [0, 0.1) is 12.8 Å². The Kier molecular flexibility index (Phi) is 9.52. The number of nitrogens with zero attached hydrogens (tertiary/aromatic N) is 1. The fourth-order valence-corrected chi connectivity index (χ4v) is 4.14. The lowest BCUT2D eigenvalue weighted by atomic mass is 10.1. The summed E-state index contributed by atoms with van der Waals surface area (Å²) in [7, 11) is -3.36. The van der Waals surface area contributed by atoms with Gasteiger partial charge < -0.3 is 23.1 Å². The molecule has 0 bridgehead atoms. The number of hydrogen-bond donors (Lipinski definition) is 1. The molecule has 0 aliphatic carbocycles.